The van der Waals surface area contributed by atoms with E-state index in [2.05, 4.69) is 0 Å². The Bertz CT molecular complexity index is 292. The molecule has 0 bridgehead atoms. The van der Waals surface area contributed by atoms with Gasteiger partial charge < -0.3 is 5.73 Å². The van der Waals surface area contributed by atoms with E-state index in [0.29, 0.717) is 25.6 Å². The van der Waals surface area contributed by atoms with Gasteiger partial charge in [0.1, 0.15) is 0 Å². The molecule has 2 N–H and O–H groups in total. The molecule has 1 rings (SSSR count). The lowest BCUT2D eigenvalue weighted by Gasteiger charge is -2.26. The number of rotatable bonds is 2. The van der Waals surface area contributed by atoms with E-state index in [-0.39, 0.29) is 0 Å². The number of sulfonamides is 1. The van der Waals surface area contributed by atoms with Crippen molar-refractivity contribution in [2.75, 3.05) is 19.6 Å². The highest BCUT2D eigenvalue weighted by Crippen LogP contribution is 2.26. The number of nitrogens with two attached hydrogens (primary N) is 1. The van der Waals surface area contributed by atoms with Crippen molar-refractivity contribution in [3.8, 4) is 0 Å². The Kier molecular flexibility index (Phi) is 3.23. The molecule has 4 nitrogen and oxygen atoms in total. The van der Waals surface area contributed by atoms with E-state index in [1.807, 2.05) is 0 Å². The van der Waals surface area contributed by atoms with Crippen molar-refractivity contribution in [3.63, 3.8) is 0 Å². The molecule has 0 radical (unpaired) electrons. The Balaban J connectivity index is 2.77. The minimum atomic E-state index is -3.14. The summed E-state index contributed by atoms with van der Waals surface area (Å²) >= 11 is 0. The van der Waals surface area contributed by atoms with E-state index in [1.54, 1.807) is 25.1 Å². The van der Waals surface area contributed by atoms with Gasteiger partial charge in [0, 0.05) is 13.1 Å². The zero-order valence-electron chi connectivity index (χ0n) is 9.16. The molecule has 5 heteroatoms. The van der Waals surface area contributed by atoms with Crippen LogP contribution >= 0.6 is 0 Å². The molecule has 1 saturated heterocycles. The summed E-state index contributed by atoms with van der Waals surface area (Å²) in [6.45, 7) is 7.00. The number of hydrogen-bond acceptors (Lipinski definition) is 3. The molecule has 0 amide bonds. The predicted octanol–water partition coefficient (Wildman–Crippen LogP) is 0.395. The van der Waals surface area contributed by atoms with Crippen LogP contribution in [-0.2, 0) is 10.0 Å². The minimum Gasteiger partial charge on any atom is -0.330 e. The van der Waals surface area contributed by atoms with E-state index in [0.717, 1.165) is 6.42 Å². The molecule has 1 heterocycles. The molecule has 0 spiro atoms. The van der Waals surface area contributed by atoms with Gasteiger partial charge >= 0.3 is 0 Å². The highest BCUT2D eigenvalue weighted by Gasteiger charge is 2.38. The number of hydrogen-bond donors (Lipinski definition) is 1. The first-order valence-electron chi connectivity index (χ1n) is 4.99. The largest absolute Gasteiger partial charge is 0.330 e. The molecule has 14 heavy (non-hydrogen) atoms. The third-order valence-electron chi connectivity index (χ3n) is 2.70. The van der Waals surface area contributed by atoms with Gasteiger partial charge in [-0.3, -0.25) is 0 Å². The third-order valence-corrected chi connectivity index (χ3v) is 5.25. The number of nitrogens with zero attached hydrogens (tertiary/aromatic N) is 1. The van der Waals surface area contributed by atoms with Crippen LogP contribution in [0.1, 0.15) is 27.2 Å². The maximum Gasteiger partial charge on any atom is 0.219 e. The molecular weight excluding hydrogens is 200 g/mol. The molecule has 0 aromatic rings. The topological polar surface area (TPSA) is 63.4 Å². The van der Waals surface area contributed by atoms with Crippen LogP contribution in [0.3, 0.4) is 0 Å². The lowest BCUT2D eigenvalue weighted by atomic mass is 10.1. The molecular formula is C9H20N2O2S. The highest BCUT2D eigenvalue weighted by molar-refractivity contribution is 7.90. The second-order valence-electron chi connectivity index (χ2n) is 4.87. The van der Waals surface area contributed by atoms with Gasteiger partial charge in [0.25, 0.3) is 0 Å². The normalized spacial score (nSPS) is 25.6. The summed E-state index contributed by atoms with van der Waals surface area (Å²) in [5, 5.41) is 0. The van der Waals surface area contributed by atoms with Crippen molar-refractivity contribution in [2.24, 2.45) is 11.7 Å². The standard InChI is InChI=1S/C9H20N2O2S/c1-9(2,3)14(12,13)11-5-4-8(6-10)7-11/h8H,4-7,10H2,1-3H3. The fourth-order valence-corrected chi connectivity index (χ4v) is 3.12. The van der Waals surface area contributed by atoms with Crippen LogP contribution in [0.4, 0.5) is 0 Å². The molecule has 0 saturated carbocycles. The maximum atomic E-state index is 12.0. The van der Waals surface area contributed by atoms with Gasteiger partial charge in [0.05, 0.1) is 4.75 Å². The van der Waals surface area contributed by atoms with E-state index >= 15 is 0 Å². The van der Waals surface area contributed by atoms with Crippen molar-refractivity contribution in [2.45, 2.75) is 31.9 Å². The Labute approximate surface area is 86.5 Å². The van der Waals surface area contributed by atoms with Gasteiger partial charge in [-0.25, -0.2) is 12.7 Å². The molecule has 1 fully saturated rings. The molecule has 1 aliphatic heterocycles. The molecule has 0 aliphatic carbocycles. The monoisotopic (exact) mass is 220 g/mol. The molecule has 0 aromatic carbocycles. The lowest BCUT2D eigenvalue weighted by Crippen LogP contribution is -2.42. The van der Waals surface area contributed by atoms with Crippen LogP contribution in [0, 0.1) is 5.92 Å². The van der Waals surface area contributed by atoms with Gasteiger partial charge in [0.15, 0.2) is 0 Å². The van der Waals surface area contributed by atoms with Crippen LogP contribution in [-0.4, -0.2) is 37.1 Å². The SMILES string of the molecule is CC(C)(C)S(=O)(=O)N1CCC(CN)C1. The van der Waals surface area contributed by atoms with Gasteiger partial charge in [0.2, 0.25) is 10.0 Å². The maximum absolute atomic E-state index is 12.0. The van der Waals surface area contributed by atoms with E-state index in [4.69, 9.17) is 5.73 Å². The molecule has 1 aliphatic rings. The fourth-order valence-electron chi connectivity index (χ4n) is 1.60. The summed E-state index contributed by atoms with van der Waals surface area (Å²) in [5.41, 5.74) is 5.53. The first-order chi connectivity index (χ1) is 6.29. The summed E-state index contributed by atoms with van der Waals surface area (Å²) in [5.74, 6) is 0.340. The Hall–Kier alpha value is -0.130. The van der Waals surface area contributed by atoms with Crippen molar-refractivity contribution in [1.82, 2.24) is 4.31 Å². The molecule has 0 aromatic heterocycles. The van der Waals surface area contributed by atoms with Crippen LogP contribution in [0.5, 0.6) is 0 Å². The molecule has 84 valence electrons. The summed E-state index contributed by atoms with van der Waals surface area (Å²) in [6, 6.07) is 0. The van der Waals surface area contributed by atoms with Crippen LogP contribution in [0.15, 0.2) is 0 Å². The predicted molar refractivity (Wildman–Crippen MR) is 57.4 cm³/mol. The highest BCUT2D eigenvalue weighted by atomic mass is 32.2. The van der Waals surface area contributed by atoms with Gasteiger partial charge in [-0.15, -0.1) is 0 Å². The summed E-state index contributed by atoms with van der Waals surface area (Å²) in [7, 11) is -3.14. The van der Waals surface area contributed by atoms with Crippen molar-refractivity contribution >= 4 is 10.0 Å². The van der Waals surface area contributed by atoms with E-state index in [9.17, 15) is 8.42 Å². The van der Waals surface area contributed by atoms with E-state index in [1.165, 1.54) is 0 Å². The second-order valence-corrected chi connectivity index (χ2v) is 7.56. The third kappa shape index (κ3) is 2.10. The van der Waals surface area contributed by atoms with Crippen molar-refractivity contribution in [3.05, 3.63) is 0 Å². The fraction of sp³-hybridized carbons (Fsp3) is 1.00. The first-order valence-corrected chi connectivity index (χ1v) is 6.43. The summed E-state index contributed by atoms with van der Waals surface area (Å²) in [4.78, 5) is 0. The van der Waals surface area contributed by atoms with Crippen LogP contribution in [0.2, 0.25) is 0 Å². The second kappa shape index (κ2) is 3.79. The van der Waals surface area contributed by atoms with Crippen LogP contribution in [0.25, 0.3) is 0 Å². The van der Waals surface area contributed by atoms with Gasteiger partial charge in [-0.05, 0) is 39.7 Å². The summed E-state index contributed by atoms with van der Waals surface area (Å²) in [6.07, 6.45) is 0.895. The van der Waals surface area contributed by atoms with Crippen molar-refractivity contribution in [1.29, 1.82) is 0 Å². The van der Waals surface area contributed by atoms with Gasteiger partial charge in [-0.2, -0.15) is 0 Å². The van der Waals surface area contributed by atoms with E-state index < -0.39 is 14.8 Å². The Morgan fingerprint density at radius 3 is 2.36 bits per heavy atom. The van der Waals surface area contributed by atoms with Crippen LogP contribution < -0.4 is 5.73 Å². The summed E-state index contributed by atoms with van der Waals surface area (Å²) < 4.78 is 24.9. The van der Waals surface area contributed by atoms with Crippen molar-refractivity contribution < 1.29 is 8.42 Å². The minimum absolute atomic E-state index is 0.340. The average Bonchev–Trinajstić information content (AvgIpc) is 2.49. The quantitative estimate of drug-likeness (QED) is 0.732. The average molecular weight is 220 g/mol. The zero-order valence-corrected chi connectivity index (χ0v) is 9.97. The Morgan fingerprint density at radius 2 is 2.00 bits per heavy atom. The molecule has 1 atom stereocenters. The van der Waals surface area contributed by atoms with Gasteiger partial charge in [-0.1, -0.05) is 0 Å². The smallest absolute Gasteiger partial charge is 0.219 e. The first kappa shape index (κ1) is 11.9. The Morgan fingerprint density at radius 1 is 1.43 bits per heavy atom. The molecule has 1 unspecified atom stereocenters. The zero-order chi connectivity index (χ0) is 11.0. The lowest BCUT2D eigenvalue weighted by molar-refractivity contribution is 0.437.